The third kappa shape index (κ3) is 2.56. The molecule has 0 radical (unpaired) electrons. The third-order valence-electron chi connectivity index (χ3n) is 3.40. The first kappa shape index (κ1) is 12.4. The summed E-state index contributed by atoms with van der Waals surface area (Å²) in [7, 11) is 2.03. The van der Waals surface area contributed by atoms with Crippen LogP contribution in [0.5, 0.6) is 0 Å². The second kappa shape index (κ2) is 4.81. The number of rotatable bonds is 4. The van der Waals surface area contributed by atoms with Crippen LogP contribution in [0.4, 0.5) is 15.2 Å². The van der Waals surface area contributed by atoms with Crippen molar-refractivity contribution in [3.63, 3.8) is 0 Å². The van der Waals surface area contributed by atoms with Crippen molar-refractivity contribution in [2.75, 3.05) is 17.7 Å². The van der Waals surface area contributed by atoms with Crippen molar-refractivity contribution in [1.29, 1.82) is 0 Å². The second-order valence-corrected chi connectivity index (χ2v) is 5.80. The molecule has 1 saturated carbocycles. The lowest BCUT2D eigenvalue weighted by Crippen LogP contribution is -2.16. The highest BCUT2D eigenvalue weighted by molar-refractivity contribution is 7.10. The van der Waals surface area contributed by atoms with Crippen LogP contribution in [0, 0.1) is 5.82 Å². The van der Waals surface area contributed by atoms with Gasteiger partial charge in [0.2, 0.25) is 0 Å². The first-order valence-corrected chi connectivity index (χ1v) is 7.13. The van der Waals surface area contributed by atoms with Crippen molar-refractivity contribution in [2.24, 2.45) is 0 Å². The minimum Gasteiger partial charge on any atom is -0.383 e. The fourth-order valence-electron chi connectivity index (χ4n) is 2.27. The number of nitrogen functional groups attached to an aromatic ring is 1. The lowest BCUT2D eigenvalue weighted by Gasteiger charge is -2.18. The standard InChI is InChI=1S/C14H16FN3S/c1-18(8-9-2-6-11(15)7-3-9)14-12(10-4-5-10)13(16)17-19-14/h2-3,6-7,10H,4-5,8H2,1H3,(H2,16,17). The van der Waals surface area contributed by atoms with E-state index in [-0.39, 0.29) is 5.82 Å². The lowest BCUT2D eigenvalue weighted by molar-refractivity contribution is 0.627. The zero-order chi connectivity index (χ0) is 13.4. The van der Waals surface area contributed by atoms with Gasteiger partial charge in [-0.25, -0.2) is 4.39 Å². The quantitative estimate of drug-likeness (QED) is 0.931. The van der Waals surface area contributed by atoms with E-state index in [4.69, 9.17) is 5.73 Å². The highest BCUT2D eigenvalue weighted by Crippen LogP contribution is 2.48. The van der Waals surface area contributed by atoms with Crippen LogP contribution in [0.2, 0.25) is 0 Å². The zero-order valence-electron chi connectivity index (χ0n) is 10.8. The number of hydrogen-bond donors (Lipinski definition) is 1. The summed E-state index contributed by atoms with van der Waals surface area (Å²) in [5.41, 5.74) is 8.24. The smallest absolute Gasteiger partial charge is 0.142 e. The summed E-state index contributed by atoms with van der Waals surface area (Å²) in [6.07, 6.45) is 2.42. The van der Waals surface area contributed by atoms with Crippen LogP contribution in [0.15, 0.2) is 24.3 Å². The van der Waals surface area contributed by atoms with Crippen LogP contribution in [0.3, 0.4) is 0 Å². The molecule has 0 unspecified atom stereocenters. The van der Waals surface area contributed by atoms with Crippen LogP contribution < -0.4 is 10.6 Å². The van der Waals surface area contributed by atoms with Gasteiger partial charge in [0.25, 0.3) is 0 Å². The normalized spacial score (nSPS) is 14.6. The van der Waals surface area contributed by atoms with Gasteiger partial charge in [0.1, 0.15) is 16.6 Å². The summed E-state index contributed by atoms with van der Waals surface area (Å²) < 4.78 is 17.2. The first-order valence-electron chi connectivity index (χ1n) is 6.36. The van der Waals surface area contributed by atoms with E-state index < -0.39 is 0 Å². The van der Waals surface area contributed by atoms with Crippen LogP contribution in [-0.2, 0) is 6.54 Å². The molecule has 1 aromatic heterocycles. The van der Waals surface area contributed by atoms with E-state index in [9.17, 15) is 4.39 Å². The van der Waals surface area contributed by atoms with Gasteiger partial charge in [-0.2, -0.15) is 4.37 Å². The summed E-state index contributed by atoms with van der Waals surface area (Å²) >= 11 is 1.45. The van der Waals surface area contributed by atoms with Gasteiger partial charge in [0.05, 0.1) is 0 Å². The Morgan fingerprint density at radius 3 is 2.68 bits per heavy atom. The van der Waals surface area contributed by atoms with Gasteiger partial charge in [-0.1, -0.05) is 12.1 Å². The molecular weight excluding hydrogens is 261 g/mol. The molecule has 19 heavy (non-hydrogen) atoms. The van der Waals surface area contributed by atoms with Crippen LogP contribution in [0.1, 0.15) is 29.9 Å². The molecule has 0 atom stereocenters. The Hall–Kier alpha value is -1.62. The largest absolute Gasteiger partial charge is 0.383 e. The number of halogens is 1. The Morgan fingerprint density at radius 1 is 1.37 bits per heavy atom. The maximum atomic E-state index is 12.9. The molecule has 0 bridgehead atoms. The fraction of sp³-hybridized carbons (Fsp3) is 0.357. The SMILES string of the molecule is CN(Cc1ccc(F)cc1)c1snc(N)c1C1CC1. The predicted octanol–water partition coefficient (Wildman–Crippen LogP) is 3.38. The van der Waals surface area contributed by atoms with Crippen LogP contribution in [-0.4, -0.2) is 11.4 Å². The molecule has 2 N–H and O–H groups in total. The fourth-order valence-corrected chi connectivity index (χ4v) is 3.12. The average molecular weight is 277 g/mol. The lowest BCUT2D eigenvalue weighted by atomic mass is 10.2. The van der Waals surface area contributed by atoms with Crippen LogP contribution in [0.25, 0.3) is 0 Å². The van der Waals surface area contributed by atoms with E-state index in [0.29, 0.717) is 11.7 Å². The maximum absolute atomic E-state index is 12.9. The number of anilines is 2. The molecule has 1 fully saturated rings. The maximum Gasteiger partial charge on any atom is 0.142 e. The molecule has 0 saturated heterocycles. The van der Waals surface area contributed by atoms with E-state index in [1.165, 1.54) is 42.1 Å². The number of hydrogen-bond acceptors (Lipinski definition) is 4. The minimum atomic E-state index is -0.202. The van der Waals surface area contributed by atoms with Crippen molar-refractivity contribution in [3.8, 4) is 0 Å². The monoisotopic (exact) mass is 277 g/mol. The van der Waals surface area contributed by atoms with E-state index >= 15 is 0 Å². The molecule has 100 valence electrons. The number of benzene rings is 1. The first-order chi connectivity index (χ1) is 9.15. The number of nitrogens with two attached hydrogens (primary N) is 1. The molecule has 1 aliphatic carbocycles. The second-order valence-electron chi connectivity index (χ2n) is 5.04. The van der Waals surface area contributed by atoms with Gasteiger partial charge in [0.15, 0.2) is 0 Å². The van der Waals surface area contributed by atoms with E-state index in [1.54, 1.807) is 0 Å². The molecule has 1 heterocycles. The molecule has 1 aromatic carbocycles. The zero-order valence-corrected chi connectivity index (χ0v) is 11.6. The highest BCUT2D eigenvalue weighted by Gasteiger charge is 2.31. The minimum absolute atomic E-state index is 0.202. The molecule has 2 aromatic rings. The van der Waals surface area contributed by atoms with E-state index in [0.717, 1.165) is 17.1 Å². The van der Waals surface area contributed by atoms with Crippen molar-refractivity contribution in [2.45, 2.75) is 25.3 Å². The Bertz CT molecular complexity index is 575. The van der Waals surface area contributed by atoms with Crippen molar-refractivity contribution >= 4 is 22.4 Å². The Balaban J connectivity index is 1.80. The molecule has 0 aliphatic heterocycles. The number of aromatic nitrogens is 1. The van der Waals surface area contributed by atoms with Gasteiger partial charge >= 0.3 is 0 Å². The van der Waals surface area contributed by atoms with Crippen molar-refractivity contribution < 1.29 is 4.39 Å². The average Bonchev–Trinajstić information content (AvgIpc) is 3.15. The summed E-state index contributed by atoms with van der Waals surface area (Å²) in [5, 5.41) is 1.14. The Kier molecular flexibility index (Phi) is 3.14. The molecule has 1 aliphatic rings. The van der Waals surface area contributed by atoms with Crippen LogP contribution >= 0.6 is 11.5 Å². The molecular formula is C14H16FN3S. The Morgan fingerprint density at radius 2 is 2.05 bits per heavy atom. The van der Waals surface area contributed by atoms with Gasteiger partial charge < -0.3 is 10.6 Å². The summed E-state index contributed by atoms with van der Waals surface area (Å²) in [6.45, 7) is 0.738. The van der Waals surface area contributed by atoms with Gasteiger partial charge in [0, 0.05) is 19.2 Å². The summed E-state index contributed by atoms with van der Waals surface area (Å²) in [6, 6.07) is 6.61. The molecule has 0 amide bonds. The highest BCUT2D eigenvalue weighted by atomic mass is 32.1. The Labute approximate surface area is 116 Å². The summed E-state index contributed by atoms with van der Waals surface area (Å²) in [4.78, 5) is 2.15. The topological polar surface area (TPSA) is 42.2 Å². The van der Waals surface area contributed by atoms with Gasteiger partial charge in [-0.15, -0.1) is 0 Å². The third-order valence-corrected chi connectivity index (χ3v) is 4.39. The predicted molar refractivity (Wildman–Crippen MR) is 77.0 cm³/mol. The van der Waals surface area contributed by atoms with Gasteiger partial charge in [-0.3, -0.25) is 0 Å². The van der Waals surface area contributed by atoms with E-state index in [1.807, 2.05) is 19.2 Å². The molecule has 3 rings (SSSR count). The molecule has 0 spiro atoms. The van der Waals surface area contributed by atoms with Crippen molar-refractivity contribution in [1.82, 2.24) is 4.37 Å². The summed E-state index contributed by atoms with van der Waals surface area (Å²) in [5.74, 6) is 1.06. The molecule has 5 heteroatoms. The number of nitrogens with zero attached hydrogens (tertiary/aromatic N) is 2. The van der Waals surface area contributed by atoms with Crippen molar-refractivity contribution in [3.05, 3.63) is 41.2 Å². The van der Waals surface area contributed by atoms with E-state index in [2.05, 4.69) is 9.27 Å². The van der Waals surface area contributed by atoms with Gasteiger partial charge in [-0.05, 0) is 48.0 Å². The molecule has 3 nitrogen and oxygen atoms in total.